The second kappa shape index (κ2) is 9.72. The van der Waals surface area contributed by atoms with E-state index in [-0.39, 0.29) is 17.9 Å². The topological polar surface area (TPSA) is 75.7 Å². The van der Waals surface area contributed by atoms with E-state index in [1.165, 1.54) is 11.1 Å². The zero-order chi connectivity index (χ0) is 19.2. The molecule has 0 aromatic heterocycles. The average molecular weight is 374 g/mol. The molecule has 0 saturated heterocycles. The van der Waals surface area contributed by atoms with Gasteiger partial charge in [0.2, 0.25) is 0 Å². The monoisotopic (exact) mass is 373 g/mol. The van der Waals surface area contributed by atoms with Crippen molar-refractivity contribution in [3.8, 4) is 5.75 Å². The number of rotatable bonds is 10. The molecule has 1 aliphatic heterocycles. The predicted octanol–water partition coefficient (Wildman–Crippen LogP) is 3.69. The summed E-state index contributed by atoms with van der Waals surface area (Å²) in [5.41, 5.74) is 8.10. The van der Waals surface area contributed by atoms with Gasteiger partial charge in [-0.3, -0.25) is 0 Å². The molecule has 4 nitrogen and oxygen atoms in total. The summed E-state index contributed by atoms with van der Waals surface area (Å²) < 4.78 is 6.29. The van der Waals surface area contributed by atoms with Gasteiger partial charge in [-0.05, 0) is 37.8 Å². The number of ether oxygens (including phenoxy) is 1. The predicted molar refractivity (Wildman–Crippen MR) is 109 cm³/mol. The van der Waals surface area contributed by atoms with Crippen LogP contribution in [-0.4, -0.2) is 35.1 Å². The summed E-state index contributed by atoms with van der Waals surface area (Å²) in [5.74, 6) is 1.22. The van der Waals surface area contributed by atoms with Crippen molar-refractivity contribution in [3.63, 3.8) is 0 Å². The van der Waals surface area contributed by atoms with Crippen LogP contribution in [0.15, 0.2) is 30.4 Å². The van der Waals surface area contributed by atoms with Crippen molar-refractivity contribution in [1.82, 2.24) is 0 Å². The molecule has 1 fully saturated rings. The normalized spacial score (nSPS) is 27.6. The van der Waals surface area contributed by atoms with Gasteiger partial charge in [-0.25, -0.2) is 0 Å². The van der Waals surface area contributed by atoms with Crippen LogP contribution in [0, 0.1) is 5.92 Å². The molecule has 4 N–H and O–H groups in total. The molecule has 4 heteroatoms. The number of hydrogen-bond acceptors (Lipinski definition) is 4. The number of aliphatic hydroxyl groups is 2. The molecule has 5 atom stereocenters. The number of para-hydroxylation sites is 1. The molecule has 0 unspecified atom stereocenters. The Morgan fingerprint density at radius 3 is 2.89 bits per heavy atom. The lowest BCUT2D eigenvalue weighted by atomic mass is 9.86. The van der Waals surface area contributed by atoms with Crippen molar-refractivity contribution in [2.75, 3.05) is 6.54 Å². The average Bonchev–Trinajstić information content (AvgIpc) is 3.16. The van der Waals surface area contributed by atoms with Crippen LogP contribution in [0.4, 0.5) is 0 Å². The Morgan fingerprint density at radius 2 is 2.11 bits per heavy atom. The van der Waals surface area contributed by atoms with Crippen molar-refractivity contribution in [3.05, 3.63) is 41.5 Å². The summed E-state index contributed by atoms with van der Waals surface area (Å²) in [6.45, 7) is 2.89. The van der Waals surface area contributed by atoms with Gasteiger partial charge < -0.3 is 20.7 Å². The molecule has 2 aliphatic rings. The minimum atomic E-state index is -0.424. The summed E-state index contributed by atoms with van der Waals surface area (Å²) in [6, 6.07) is 6.39. The van der Waals surface area contributed by atoms with Crippen molar-refractivity contribution in [2.24, 2.45) is 11.7 Å². The van der Waals surface area contributed by atoms with Crippen LogP contribution in [0.2, 0.25) is 0 Å². The van der Waals surface area contributed by atoms with E-state index >= 15 is 0 Å². The highest BCUT2D eigenvalue weighted by molar-refractivity contribution is 5.49. The van der Waals surface area contributed by atoms with Crippen LogP contribution in [0.3, 0.4) is 0 Å². The zero-order valence-corrected chi connectivity index (χ0v) is 16.5. The Kier molecular flexibility index (Phi) is 7.33. The minimum Gasteiger partial charge on any atom is -0.489 e. The first kappa shape index (κ1) is 20.4. The molecule has 0 radical (unpaired) electrons. The summed E-state index contributed by atoms with van der Waals surface area (Å²) in [5, 5.41) is 20.8. The van der Waals surface area contributed by atoms with Crippen LogP contribution in [0.5, 0.6) is 5.75 Å². The smallest absolute Gasteiger partial charge is 0.126 e. The Morgan fingerprint density at radius 1 is 1.26 bits per heavy atom. The molecule has 1 saturated carbocycles. The second-order valence-electron chi connectivity index (χ2n) is 8.09. The first-order chi connectivity index (χ1) is 13.2. The van der Waals surface area contributed by atoms with Gasteiger partial charge in [-0.1, -0.05) is 56.5 Å². The molecule has 3 rings (SSSR count). The summed E-state index contributed by atoms with van der Waals surface area (Å²) in [6.07, 6.45) is 11.0. The molecule has 27 heavy (non-hydrogen) atoms. The number of hydrogen-bond donors (Lipinski definition) is 3. The number of unbranched alkanes of at least 4 members (excludes halogenated alkanes) is 3. The van der Waals surface area contributed by atoms with Crippen LogP contribution >= 0.6 is 0 Å². The van der Waals surface area contributed by atoms with Gasteiger partial charge in [0.15, 0.2) is 0 Å². The van der Waals surface area contributed by atoms with Crippen molar-refractivity contribution < 1.29 is 14.9 Å². The maximum Gasteiger partial charge on any atom is 0.126 e. The third-order valence-corrected chi connectivity index (χ3v) is 6.05. The molecule has 0 spiro atoms. The molecule has 0 bridgehead atoms. The summed E-state index contributed by atoms with van der Waals surface area (Å²) in [7, 11) is 0. The molecule has 150 valence electrons. The largest absolute Gasteiger partial charge is 0.489 e. The van der Waals surface area contributed by atoms with Crippen LogP contribution in [0.1, 0.15) is 68.9 Å². The van der Waals surface area contributed by atoms with Gasteiger partial charge in [0.05, 0.1) is 12.2 Å². The van der Waals surface area contributed by atoms with E-state index in [0.717, 1.165) is 57.2 Å². The fourth-order valence-electron chi connectivity index (χ4n) is 4.58. The number of benzene rings is 1. The zero-order valence-electron chi connectivity index (χ0n) is 16.5. The molecular formula is C23H35NO3. The third-order valence-electron chi connectivity index (χ3n) is 6.05. The lowest BCUT2D eigenvalue weighted by Gasteiger charge is -2.18. The van der Waals surface area contributed by atoms with Crippen LogP contribution in [0.25, 0.3) is 0 Å². The maximum absolute atomic E-state index is 10.6. The van der Waals surface area contributed by atoms with Gasteiger partial charge in [0.25, 0.3) is 0 Å². The van der Waals surface area contributed by atoms with Gasteiger partial charge in [-0.15, -0.1) is 0 Å². The SMILES string of the molecule is CCCCC[C@H](O)C=C[C@@H]1[C@H]2c3cccc(CCCCN)c3O[C@H]2C[C@H]1O. The Bertz CT molecular complexity index is 630. The summed E-state index contributed by atoms with van der Waals surface area (Å²) in [4.78, 5) is 0. The van der Waals surface area contributed by atoms with Crippen molar-refractivity contribution in [1.29, 1.82) is 0 Å². The Balaban J connectivity index is 1.71. The highest BCUT2D eigenvalue weighted by Gasteiger charge is 2.48. The number of aliphatic hydroxyl groups excluding tert-OH is 2. The number of nitrogens with two attached hydrogens (primary N) is 1. The fourth-order valence-corrected chi connectivity index (χ4v) is 4.58. The first-order valence-corrected chi connectivity index (χ1v) is 10.7. The van der Waals surface area contributed by atoms with Crippen molar-refractivity contribution >= 4 is 0 Å². The van der Waals surface area contributed by atoms with Gasteiger partial charge in [-0.2, -0.15) is 0 Å². The molecular weight excluding hydrogens is 338 g/mol. The quantitative estimate of drug-likeness (QED) is 0.432. The number of fused-ring (bicyclic) bond motifs is 3. The van der Waals surface area contributed by atoms with Crippen LogP contribution in [-0.2, 0) is 6.42 Å². The minimum absolute atomic E-state index is 0.0105. The highest BCUT2D eigenvalue weighted by atomic mass is 16.5. The first-order valence-electron chi connectivity index (χ1n) is 10.7. The molecule has 1 aromatic rings. The molecule has 1 aromatic carbocycles. The van der Waals surface area contributed by atoms with Gasteiger partial charge >= 0.3 is 0 Å². The Hall–Kier alpha value is -1.36. The maximum atomic E-state index is 10.6. The fraction of sp³-hybridized carbons (Fsp3) is 0.652. The van der Waals surface area contributed by atoms with E-state index in [0.29, 0.717) is 6.42 Å². The molecule has 1 heterocycles. The number of aryl methyl sites for hydroxylation is 1. The lowest BCUT2D eigenvalue weighted by molar-refractivity contribution is 0.135. The summed E-state index contributed by atoms with van der Waals surface area (Å²) >= 11 is 0. The lowest BCUT2D eigenvalue weighted by Crippen LogP contribution is -2.17. The highest BCUT2D eigenvalue weighted by Crippen LogP contribution is 2.52. The van der Waals surface area contributed by atoms with E-state index in [4.69, 9.17) is 10.5 Å². The molecule has 1 aliphatic carbocycles. The second-order valence-corrected chi connectivity index (χ2v) is 8.09. The van der Waals surface area contributed by atoms with E-state index in [1.807, 2.05) is 12.2 Å². The van der Waals surface area contributed by atoms with E-state index in [9.17, 15) is 10.2 Å². The van der Waals surface area contributed by atoms with Crippen LogP contribution < -0.4 is 10.5 Å². The van der Waals surface area contributed by atoms with Gasteiger partial charge in [0, 0.05) is 23.8 Å². The molecule has 0 amide bonds. The standard InChI is InChI=1S/C23H35NO3/c1-2-3-4-10-17(25)12-13-18-20(26)15-21-22(18)19-11-7-9-16(23(19)27-21)8-5-6-14-24/h7,9,11-13,17-18,20-22,25-26H,2-6,8,10,14-15,24H2,1H3/t17-,18-,20+,21-,22-/m0/s1. The third kappa shape index (κ3) is 4.74. The van der Waals surface area contributed by atoms with Gasteiger partial charge in [0.1, 0.15) is 11.9 Å². The van der Waals surface area contributed by atoms with Crippen molar-refractivity contribution in [2.45, 2.75) is 82.5 Å². The van der Waals surface area contributed by atoms with E-state index < -0.39 is 12.2 Å². The van der Waals surface area contributed by atoms with E-state index in [2.05, 4.69) is 25.1 Å². The van der Waals surface area contributed by atoms with E-state index in [1.54, 1.807) is 0 Å². The Labute approximate surface area is 163 Å².